The lowest BCUT2D eigenvalue weighted by atomic mass is 9.90. The van der Waals surface area contributed by atoms with Crippen LogP contribution < -0.4 is 10.6 Å². The minimum absolute atomic E-state index is 0.273. The zero-order chi connectivity index (χ0) is 15.0. The molecule has 3 rings (SSSR count). The SMILES string of the molecule is CC1(c2cccc(F)c2)CN=C(N)N1c1cccc(Cl)c1. The molecule has 21 heavy (non-hydrogen) atoms. The molecule has 0 spiro atoms. The molecule has 2 aromatic rings. The highest BCUT2D eigenvalue weighted by molar-refractivity contribution is 6.31. The zero-order valence-electron chi connectivity index (χ0n) is 11.6. The van der Waals surface area contributed by atoms with E-state index in [0.29, 0.717) is 17.5 Å². The van der Waals surface area contributed by atoms with Crippen molar-refractivity contribution >= 4 is 23.2 Å². The smallest absolute Gasteiger partial charge is 0.196 e. The normalized spacial score (nSPS) is 21.5. The van der Waals surface area contributed by atoms with Gasteiger partial charge in [-0.1, -0.05) is 29.8 Å². The summed E-state index contributed by atoms with van der Waals surface area (Å²) in [4.78, 5) is 6.23. The summed E-state index contributed by atoms with van der Waals surface area (Å²) in [7, 11) is 0. The fraction of sp³-hybridized carbons (Fsp3) is 0.188. The molecule has 1 unspecified atom stereocenters. The van der Waals surface area contributed by atoms with E-state index in [0.717, 1.165) is 11.3 Å². The second kappa shape index (κ2) is 5.04. The Labute approximate surface area is 127 Å². The molecule has 0 radical (unpaired) electrons. The molecule has 1 atom stereocenters. The van der Waals surface area contributed by atoms with E-state index in [-0.39, 0.29) is 5.82 Å². The van der Waals surface area contributed by atoms with E-state index in [2.05, 4.69) is 4.99 Å². The molecule has 0 saturated carbocycles. The van der Waals surface area contributed by atoms with Crippen molar-refractivity contribution in [3.63, 3.8) is 0 Å². The Bertz CT molecular complexity index is 716. The number of anilines is 1. The maximum absolute atomic E-state index is 13.6. The number of hydrogen-bond acceptors (Lipinski definition) is 3. The van der Waals surface area contributed by atoms with Gasteiger partial charge in [0.15, 0.2) is 5.96 Å². The molecule has 2 aromatic carbocycles. The number of hydrogen-bond donors (Lipinski definition) is 1. The average Bonchev–Trinajstić information content (AvgIpc) is 2.76. The first-order chi connectivity index (χ1) is 10.0. The Hall–Kier alpha value is -2.07. The lowest BCUT2D eigenvalue weighted by Gasteiger charge is -2.36. The summed E-state index contributed by atoms with van der Waals surface area (Å²) in [5, 5.41) is 0.619. The van der Waals surface area contributed by atoms with E-state index in [1.807, 2.05) is 36.1 Å². The third-order valence-corrected chi connectivity index (χ3v) is 4.02. The van der Waals surface area contributed by atoms with Crippen LogP contribution in [0.15, 0.2) is 53.5 Å². The molecule has 0 fully saturated rings. The highest BCUT2D eigenvalue weighted by atomic mass is 35.5. The van der Waals surface area contributed by atoms with Gasteiger partial charge in [-0.15, -0.1) is 0 Å². The first-order valence-corrected chi connectivity index (χ1v) is 7.00. The van der Waals surface area contributed by atoms with Crippen LogP contribution in [0.1, 0.15) is 12.5 Å². The summed E-state index contributed by atoms with van der Waals surface area (Å²) < 4.78 is 13.6. The van der Waals surface area contributed by atoms with Crippen molar-refractivity contribution in [2.24, 2.45) is 10.7 Å². The Kier molecular flexibility index (Phi) is 3.33. The fourth-order valence-corrected chi connectivity index (χ4v) is 2.89. The van der Waals surface area contributed by atoms with Gasteiger partial charge in [0, 0.05) is 10.7 Å². The van der Waals surface area contributed by atoms with E-state index in [9.17, 15) is 4.39 Å². The Morgan fingerprint density at radius 2 is 2.00 bits per heavy atom. The molecule has 1 heterocycles. The first-order valence-electron chi connectivity index (χ1n) is 6.62. The molecular weight excluding hydrogens is 289 g/mol. The van der Waals surface area contributed by atoms with Gasteiger partial charge in [0.2, 0.25) is 0 Å². The summed E-state index contributed by atoms with van der Waals surface area (Å²) >= 11 is 6.07. The minimum atomic E-state index is -0.531. The van der Waals surface area contributed by atoms with Gasteiger partial charge in [-0.3, -0.25) is 4.99 Å². The van der Waals surface area contributed by atoms with Crippen molar-refractivity contribution in [1.29, 1.82) is 0 Å². The van der Waals surface area contributed by atoms with Gasteiger partial charge in [0.25, 0.3) is 0 Å². The molecule has 5 heteroatoms. The van der Waals surface area contributed by atoms with Gasteiger partial charge in [-0.2, -0.15) is 0 Å². The minimum Gasteiger partial charge on any atom is -0.369 e. The first kappa shape index (κ1) is 13.9. The summed E-state index contributed by atoms with van der Waals surface area (Å²) in [6.07, 6.45) is 0. The van der Waals surface area contributed by atoms with Crippen molar-refractivity contribution in [1.82, 2.24) is 0 Å². The van der Waals surface area contributed by atoms with Crippen LogP contribution >= 0.6 is 11.6 Å². The maximum Gasteiger partial charge on any atom is 0.196 e. The standard InChI is InChI=1S/C16H15ClFN3/c1-16(11-4-2-6-13(18)8-11)10-20-15(19)21(16)14-7-3-5-12(17)9-14/h2-9H,10H2,1H3,(H2,19,20). The van der Waals surface area contributed by atoms with Crippen LogP contribution in [-0.4, -0.2) is 12.5 Å². The van der Waals surface area contributed by atoms with Crippen LogP contribution in [0.4, 0.5) is 10.1 Å². The molecule has 1 aliphatic heterocycles. The molecule has 0 amide bonds. The Balaban J connectivity index is 2.10. The fourth-order valence-electron chi connectivity index (χ4n) is 2.71. The van der Waals surface area contributed by atoms with E-state index in [4.69, 9.17) is 17.3 Å². The number of guanidine groups is 1. The number of aliphatic imine (C=N–C) groups is 1. The number of halogens is 2. The quantitative estimate of drug-likeness (QED) is 0.922. The van der Waals surface area contributed by atoms with Crippen LogP contribution in [0.3, 0.4) is 0 Å². The van der Waals surface area contributed by atoms with Crippen LogP contribution in [0.2, 0.25) is 5.02 Å². The van der Waals surface area contributed by atoms with E-state index >= 15 is 0 Å². The predicted molar refractivity (Wildman–Crippen MR) is 84.2 cm³/mol. The number of benzene rings is 2. The second-order valence-corrected chi connectivity index (χ2v) is 5.71. The van der Waals surface area contributed by atoms with Gasteiger partial charge in [0.05, 0.1) is 12.1 Å². The van der Waals surface area contributed by atoms with Crippen LogP contribution in [0.5, 0.6) is 0 Å². The third kappa shape index (κ3) is 2.36. The number of nitrogens with zero attached hydrogens (tertiary/aromatic N) is 2. The summed E-state index contributed by atoms with van der Waals surface area (Å²) in [6, 6.07) is 13.9. The summed E-state index contributed by atoms with van der Waals surface area (Å²) in [5.74, 6) is 0.134. The molecule has 0 saturated heterocycles. The third-order valence-electron chi connectivity index (χ3n) is 3.78. The van der Waals surface area contributed by atoms with Crippen LogP contribution in [0.25, 0.3) is 0 Å². The van der Waals surface area contributed by atoms with Gasteiger partial charge in [0.1, 0.15) is 5.82 Å². The van der Waals surface area contributed by atoms with E-state index in [1.165, 1.54) is 12.1 Å². The molecule has 2 N–H and O–H groups in total. The van der Waals surface area contributed by atoms with E-state index < -0.39 is 5.54 Å². The molecule has 1 aliphatic rings. The average molecular weight is 304 g/mol. The molecule has 0 bridgehead atoms. The molecule has 108 valence electrons. The lowest BCUT2D eigenvalue weighted by Crippen LogP contribution is -2.47. The maximum atomic E-state index is 13.6. The Morgan fingerprint density at radius 3 is 2.71 bits per heavy atom. The monoisotopic (exact) mass is 303 g/mol. The predicted octanol–water partition coefficient (Wildman–Crippen LogP) is 3.53. The zero-order valence-corrected chi connectivity index (χ0v) is 12.3. The molecule has 3 nitrogen and oxygen atoms in total. The van der Waals surface area contributed by atoms with Crippen molar-refractivity contribution in [3.8, 4) is 0 Å². The summed E-state index contributed by atoms with van der Waals surface area (Å²) in [5.41, 5.74) is 7.19. The molecule has 0 aliphatic carbocycles. The van der Waals surface area contributed by atoms with Crippen LogP contribution in [0, 0.1) is 5.82 Å². The Morgan fingerprint density at radius 1 is 1.24 bits per heavy atom. The van der Waals surface area contributed by atoms with Crippen LogP contribution in [-0.2, 0) is 5.54 Å². The second-order valence-electron chi connectivity index (χ2n) is 5.27. The van der Waals surface area contributed by atoms with Crippen molar-refractivity contribution < 1.29 is 4.39 Å². The van der Waals surface area contributed by atoms with Gasteiger partial charge >= 0.3 is 0 Å². The number of rotatable bonds is 2. The molecular formula is C16H15ClFN3. The highest BCUT2D eigenvalue weighted by Crippen LogP contribution is 2.37. The largest absolute Gasteiger partial charge is 0.369 e. The van der Waals surface area contributed by atoms with Gasteiger partial charge < -0.3 is 10.6 Å². The van der Waals surface area contributed by atoms with Crippen molar-refractivity contribution in [2.45, 2.75) is 12.5 Å². The number of nitrogens with two attached hydrogens (primary N) is 1. The topological polar surface area (TPSA) is 41.6 Å². The van der Waals surface area contributed by atoms with Gasteiger partial charge in [-0.05, 0) is 42.8 Å². The van der Waals surface area contributed by atoms with Gasteiger partial charge in [-0.25, -0.2) is 4.39 Å². The summed E-state index contributed by atoms with van der Waals surface area (Å²) in [6.45, 7) is 2.46. The highest BCUT2D eigenvalue weighted by Gasteiger charge is 2.40. The van der Waals surface area contributed by atoms with E-state index in [1.54, 1.807) is 12.1 Å². The lowest BCUT2D eigenvalue weighted by molar-refractivity contribution is 0.525. The molecule has 0 aromatic heterocycles. The van der Waals surface area contributed by atoms with Crippen molar-refractivity contribution in [2.75, 3.05) is 11.4 Å². The van der Waals surface area contributed by atoms with Crippen molar-refractivity contribution in [3.05, 3.63) is 64.9 Å².